The van der Waals surface area contributed by atoms with Gasteiger partial charge in [0.2, 0.25) is 5.91 Å². The molecule has 196 valence electrons. The quantitative estimate of drug-likeness (QED) is 0.115. The lowest BCUT2D eigenvalue weighted by atomic mass is 10.2. The third-order valence-electron chi connectivity index (χ3n) is 5.70. The Balaban J connectivity index is 4.41. The van der Waals surface area contributed by atoms with Gasteiger partial charge in [-0.2, -0.15) is 16.8 Å². The van der Waals surface area contributed by atoms with Crippen molar-refractivity contribution in [3.63, 3.8) is 0 Å². The average Bonchev–Trinajstić information content (AvgIpc) is 2.65. The summed E-state index contributed by atoms with van der Waals surface area (Å²) in [5, 5.41) is 0. The summed E-state index contributed by atoms with van der Waals surface area (Å²) in [7, 11) is 0.437. The van der Waals surface area contributed by atoms with E-state index < -0.39 is 20.2 Å². The van der Waals surface area contributed by atoms with Gasteiger partial charge in [0.1, 0.15) is 0 Å². The molecule has 0 aliphatic rings. The fourth-order valence-electron chi connectivity index (χ4n) is 3.71. The van der Waals surface area contributed by atoms with Gasteiger partial charge < -0.3 is 13.9 Å². The number of carbonyl (C=O) groups is 1. The molecule has 0 rings (SSSR count). The second kappa shape index (κ2) is 14.4. The summed E-state index contributed by atoms with van der Waals surface area (Å²) in [6.07, 6.45) is 5.16. The minimum atomic E-state index is -3.91. The summed E-state index contributed by atoms with van der Waals surface area (Å²) in [6.45, 7) is 8.06. The van der Waals surface area contributed by atoms with Gasteiger partial charge in [-0.05, 0) is 31.8 Å². The molecule has 0 aliphatic heterocycles. The van der Waals surface area contributed by atoms with Crippen molar-refractivity contribution in [2.75, 3.05) is 79.0 Å². The van der Waals surface area contributed by atoms with Crippen LogP contribution in [0.4, 0.5) is 0 Å². The van der Waals surface area contributed by atoms with E-state index in [0.29, 0.717) is 47.7 Å². The van der Waals surface area contributed by atoms with Crippen molar-refractivity contribution in [1.82, 2.24) is 4.90 Å². The molecule has 0 aromatic rings. The van der Waals surface area contributed by atoms with Crippen molar-refractivity contribution in [2.45, 2.75) is 38.5 Å². The standard InChI is InChI=1S/C21H43N3O7S2/c1-6-21(25)22(13-11-17-23(2,3)15-7-9-19-32(26,27)28)14-12-18-24(4,5)16-8-10-20-33(29,30)31/h6H,1,7-20H2,2-5H3/p+2. The summed E-state index contributed by atoms with van der Waals surface area (Å²) < 4.78 is 62.3. The van der Waals surface area contributed by atoms with Crippen LogP contribution in [-0.2, 0) is 25.0 Å². The highest BCUT2D eigenvalue weighted by Crippen LogP contribution is 2.08. The van der Waals surface area contributed by atoms with Crippen LogP contribution in [0.5, 0.6) is 0 Å². The minimum absolute atomic E-state index is 0.105. The molecule has 0 spiro atoms. The fourth-order valence-corrected chi connectivity index (χ4v) is 4.85. The van der Waals surface area contributed by atoms with Crippen molar-refractivity contribution in [3.05, 3.63) is 12.7 Å². The van der Waals surface area contributed by atoms with E-state index in [9.17, 15) is 21.6 Å². The molecule has 0 saturated heterocycles. The van der Waals surface area contributed by atoms with Crippen LogP contribution < -0.4 is 0 Å². The molecule has 0 aromatic heterocycles. The van der Waals surface area contributed by atoms with E-state index in [1.807, 2.05) is 0 Å². The molecule has 0 atom stereocenters. The number of amides is 1. The Morgan fingerprint density at radius 3 is 1.36 bits per heavy atom. The number of rotatable bonds is 19. The second-order valence-electron chi connectivity index (χ2n) is 9.99. The van der Waals surface area contributed by atoms with Crippen molar-refractivity contribution in [3.8, 4) is 0 Å². The summed E-state index contributed by atoms with van der Waals surface area (Å²) in [4.78, 5) is 14.1. The van der Waals surface area contributed by atoms with E-state index in [2.05, 4.69) is 34.8 Å². The number of hydrogen-bond donors (Lipinski definition) is 2. The fraction of sp³-hybridized carbons (Fsp3) is 0.857. The summed E-state index contributed by atoms with van der Waals surface area (Å²) in [5.41, 5.74) is 0. The number of carbonyl (C=O) groups excluding carboxylic acids is 1. The minimum Gasteiger partial charge on any atom is -0.339 e. The molecule has 0 aliphatic carbocycles. The van der Waals surface area contributed by atoms with Crippen LogP contribution in [0.1, 0.15) is 38.5 Å². The van der Waals surface area contributed by atoms with Crippen LogP contribution >= 0.6 is 0 Å². The molecular formula is C21H45N3O7S2+2. The van der Waals surface area contributed by atoms with E-state index in [0.717, 1.165) is 39.0 Å². The molecule has 2 N–H and O–H groups in total. The Kier molecular flexibility index (Phi) is 13.9. The lowest BCUT2D eigenvalue weighted by Gasteiger charge is -2.32. The first kappa shape index (κ1) is 31.9. The zero-order valence-corrected chi connectivity index (χ0v) is 22.4. The Hall–Kier alpha value is -1.05. The van der Waals surface area contributed by atoms with Gasteiger partial charge in [0.15, 0.2) is 0 Å². The van der Waals surface area contributed by atoms with Gasteiger partial charge in [0, 0.05) is 25.9 Å². The van der Waals surface area contributed by atoms with Crippen LogP contribution in [0.3, 0.4) is 0 Å². The van der Waals surface area contributed by atoms with E-state index in [4.69, 9.17) is 9.11 Å². The highest BCUT2D eigenvalue weighted by molar-refractivity contribution is 7.86. The van der Waals surface area contributed by atoms with E-state index >= 15 is 0 Å². The van der Waals surface area contributed by atoms with E-state index in [-0.39, 0.29) is 17.4 Å². The van der Waals surface area contributed by atoms with Crippen molar-refractivity contribution in [2.24, 2.45) is 0 Å². The van der Waals surface area contributed by atoms with Crippen LogP contribution in [-0.4, -0.2) is 125 Å². The first-order valence-electron chi connectivity index (χ1n) is 11.4. The Labute approximate surface area is 200 Å². The van der Waals surface area contributed by atoms with Gasteiger partial charge >= 0.3 is 0 Å². The second-order valence-corrected chi connectivity index (χ2v) is 13.1. The molecule has 10 nitrogen and oxygen atoms in total. The number of unbranched alkanes of at least 4 members (excludes halogenated alkanes) is 2. The SMILES string of the molecule is C=CC(=O)N(CCC[N+](C)(C)CCCCS(=O)(=O)O)CCC[N+](C)(C)CCCCS(=O)(=O)O. The Morgan fingerprint density at radius 2 is 1.06 bits per heavy atom. The number of quaternary nitrogens is 2. The lowest BCUT2D eigenvalue weighted by molar-refractivity contribution is -0.890. The largest absolute Gasteiger partial charge is 0.339 e. The molecule has 0 fully saturated rings. The molecule has 0 heterocycles. The average molecular weight is 516 g/mol. The first-order valence-corrected chi connectivity index (χ1v) is 14.6. The van der Waals surface area contributed by atoms with E-state index in [1.54, 1.807) is 4.90 Å². The molecule has 0 unspecified atom stereocenters. The Bertz CT molecular complexity index is 752. The zero-order valence-electron chi connectivity index (χ0n) is 20.8. The molecule has 12 heteroatoms. The van der Waals surface area contributed by atoms with Crippen molar-refractivity contribution >= 4 is 26.1 Å². The maximum atomic E-state index is 12.3. The smallest absolute Gasteiger partial charge is 0.264 e. The molecule has 33 heavy (non-hydrogen) atoms. The topological polar surface area (TPSA) is 129 Å². The molecule has 0 aromatic carbocycles. The van der Waals surface area contributed by atoms with Crippen LogP contribution in [0, 0.1) is 0 Å². The van der Waals surface area contributed by atoms with Gasteiger partial charge in [-0.1, -0.05) is 6.58 Å². The molecular weight excluding hydrogens is 470 g/mol. The van der Waals surface area contributed by atoms with Gasteiger partial charge in [0.05, 0.1) is 65.9 Å². The highest BCUT2D eigenvalue weighted by atomic mass is 32.2. The van der Waals surface area contributed by atoms with Crippen molar-refractivity contribution in [1.29, 1.82) is 0 Å². The predicted molar refractivity (Wildman–Crippen MR) is 131 cm³/mol. The zero-order chi connectivity index (χ0) is 25.8. The van der Waals surface area contributed by atoms with Crippen molar-refractivity contribution < 1.29 is 39.7 Å². The van der Waals surface area contributed by atoms with Crippen LogP contribution in [0.2, 0.25) is 0 Å². The van der Waals surface area contributed by atoms with Crippen LogP contribution in [0.25, 0.3) is 0 Å². The van der Waals surface area contributed by atoms with Gasteiger partial charge in [-0.3, -0.25) is 13.9 Å². The number of hydrogen-bond acceptors (Lipinski definition) is 5. The predicted octanol–water partition coefficient (Wildman–Crippen LogP) is 1.27. The van der Waals surface area contributed by atoms with E-state index in [1.165, 1.54) is 6.08 Å². The molecule has 0 bridgehead atoms. The molecule has 1 amide bonds. The molecule has 0 radical (unpaired) electrons. The lowest BCUT2D eigenvalue weighted by Crippen LogP contribution is -2.44. The van der Waals surface area contributed by atoms with Gasteiger partial charge in [0.25, 0.3) is 20.2 Å². The maximum absolute atomic E-state index is 12.3. The number of nitrogens with zero attached hydrogens (tertiary/aromatic N) is 3. The van der Waals surface area contributed by atoms with Gasteiger partial charge in [-0.25, -0.2) is 0 Å². The first-order chi connectivity index (χ1) is 15.0. The normalized spacial score (nSPS) is 13.2. The third-order valence-corrected chi connectivity index (χ3v) is 7.31. The maximum Gasteiger partial charge on any atom is 0.264 e. The monoisotopic (exact) mass is 515 g/mol. The van der Waals surface area contributed by atoms with Gasteiger partial charge in [-0.15, -0.1) is 0 Å². The summed E-state index contributed by atoms with van der Waals surface area (Å²) in [5.74, 6) is -0.541. The third kappa shape index (κ3) is 19.0. The highest BCUT2D eigenvalue weighted by Gasteiger charge is 2.19. The van der Waals surface area contributed by atoms with Crippen LogP contribution in [0.15, 0.2) is 12.7 Å². The Morgan fingerprint density at radius 1 is 0.727 bits per heavy atom. The summed E-state index contributed by atoms with van der Waals surface area (Å²) >= 11 is 0. The molecule has 0 saturated carbocycles. The summed E-state index contributed by atoms with van der Waals surface area (Å²) in [6, 6.07) is 0.